The Morgan fingerprint density at radius 2 is 1.95 bits per heavy atom. The Kier molecular flexibility index (Phi) is 5.37. The molecule has 0 saturated carbocycles. The molecule has 0 unspecified atom stereocenters. The summed E-state index contributed by atoms with van der Waals surface area (Å²) < 4.78 is 3.03. The SMILES string of the molecule is CCc1nnc(SCC(=O)c2ccc(Br)cc2)n1CC. The van der Waals surface area contributed by atoms with E-state index < -0.39 is 0 Å². The van der Waals surface area contributed by atoms with Crippen LogP contribution in [0, 0.1) is 0 Å². The van der Waals surface area contributed by atoms with Crippen LogP contribution < -0.4 is 0 Å². The molecule has 106 valence electrons. The van der Waals surface area contributed by atoms with Gasteiger partial charge in [0.25, 0.3) is 0 Å². The maximum atomic E-state index is 12.1. The van der Waals surface area contributed by atoms with Crippen molar-refractivity contribution in [3.8, 4) is 0 Å². The van der Waals surface area contributed by atoms with E-state index in [4.69, 9.17) is 0 Å². The van der Waals surface area contributed by atoms with Gasteiger partial charge < -0.3 is 4.57 Å². The quantitative estimate of drug-likeness (QED) is 0.588. The van der Waals surface area contributed by atoms with Crippen LogP contribution >= 0.6 is 27.7 Å². The molecule has 0 bridgehead atoms. The predicted molar refractivity (Wildman–Crippen MR) is 84.3 cm³/mol. The summed E-state index contributed by atoms with van der Waals surface area (Å²) in [6.45, 7) is 4.94. The molecular weight excluding hydrogens is 338 g/mol. The number of hydrogen-bond donors (Lipinski definition) is 0. The van der Waals surface area contributed by atoms with E-state index >= 15 is 0 Å². The van der Waals surface area contributed by atoms with E-state index in [2.05, 4.69) is 44.5 Å². The lowest BCUT2D eigenvalue weighted by Crippen LogP contribution is -2.06. The van der Waals surface area contributed by atoms with Crippen LogP contribution in [0.3, 0.4) is 0 Å². The van der Waals surface area contributed by atoms with E-state index in [-0.39, 0.29) is 5.78 Å². The van der Waals surface area contributed by atoms with Crippen molar-refractivity contribution in [1.29, 1.82) is 0 Å². The first-order chi connectivity index (χ1) is 9.65. The Bertz CT molecular complexity index is 595. The lowest BCUT2D eigenvalue weighted by Gasteiger charge is -2.05. The van der Waals surface area contributed by atoms with Gasteiger partial charge in [-0.2, -0.15) is 0 Å². The number of rotatable bonds is 6. The van der Waals surface area contributed by atoms with Gasteiger partial charge in [-0.3, -0.25) is 4.79 Å². The van der Waals surface area contributed by atoms with Crippen molar-refractivity contribution in [2.75, 3.05) is 5.75 Å². The summed E-state index contributed by atoms with van der Waals surface area (Å²) in [6, 6.07) is 7.41. The fourth-order valence-corrected chi connectivity index (χ4v) is 3.03. The molecule has 0 atom stereocenters. The normalized spacial score (nSPS) is 10.8. The van der Waals surface area contributed by atoms with Crippen molar-refractivity contribution in [1.82, 2.24) is 14.8 Å². The highest BCUT2D eigenvalue weighted by Gasteiger charge is 2.12. The molecule has 2 rings (SSSR count). The van der Waals surface area contributed by atoms with Gasteiger partial charge in [0.15, 0.2) is 10.9 Å². The van der Waals surface area contributed by atoms with E-state index in [9.17, 15) is 4.79 Å². The topological polar surface area (TPSA) is 47.8 Å². The Hall–Kier alpha value is -1.14. The van der Waals surface area contributed by atoms with Crippen molar-refractivity contribution in [2.45, 2.75) is 32.0 Å². The van der Waals surface area contributed by atoms with Gasteiger partial charge in [-0.25, -0.2) is 0 Å². The van der Waals surface area contributed by atoms with Crippen LogP contribution in [0.25, 0.3) is 0 Å². The molecule has 0 radical (unpaired) electrons. The zero-order chi connectivity index (χ0) is 14.5. The monoisotopic (exact) mass is 353 g/mol. The average Bonchev–Trinajstić information content (AvgIpc) is 2.87. The fourth-order valence-electron chi connectivity index (χ4n) is 1.85. The lowest BCUT2D eigenvalue weighted by molar-refractivity contribution is 0.102. The molecule has 0 N–H and O–H groups in total. The fraction of sp³-hybridized carbons (Fsp3) is 0.357. The van der Waals surface area contributed by atoms with Crippen molar-refractivity contribution in [2.24, 2.45) is 0 Å². The predicted octanol–water partition coefficient (Wildman–Crippen LogP) is 3.60. The van der Waals surface area contributed by atoms with Crippen molar-refractivity contribution >= 4 is 33.5 Å². The molecule has 20 heavy (non-hydrogen) atoms. The molecular formula is C14H16BrN3OS. The van der Waals surface area contributed by atoms with Gasteiger partial charge in [0.1, 0.15) is 5.82 Å². The van der Waals surface area contributed by atoms with Gasteiger partial charge in [-0.15, -0.1) is 10.2 Å². The summed E-state index contributed by atoms with van der Waals surface area (Å²) in [5.74, 6) is 1.45. The second kappa shape index (κ2) is 7.04. The van der Waals surface area contributed by atoms with Crippen LogP contribution in [0.5, 0.6) is 0 Å². The summed E-state index contributed by atoms with van der Waals surface area (Å²) >= 11 is 4.80. The maximum Gasteiger partial charge on any atom is 0.191 e. The molecule has 0 spiro atoms. The van der Waals surface area contributed by atoms with Crippen LogP contribution in [-0.4, -0.2) is 26.3 Å². The zero-order valence-corrected chi connectivity index (χ0v) is 13.9. The minimum absolute atomic E-state index is 0.103. The molecule has 0 aliphatic rings. The molecule has 0 aliphatic heterocycles. The number of halogens is 1. The number of carbonyl (C=O) groups is 1. The minimum atomic E-state index is 0.103. The highest BCUT2D eigenvalue weighted by molar-refractivity contribution is 9.10. The van der Waals surface area contributed by atoms with Gasteiger partial charge in [0.05, 0.1) is 5.75 Å². The van der Waals surface area contributed by atoms with Gasteiger partial charge in [0, 0.05) is 23.0 Å². The number of Topliss-reactive ketones (excluding diaryl/α,β-unsaturated/α-hetero) is 1. The number of benzene rings is 1. The Balaban J connectivity index is 2.03. The minimum Gasteiger partial charge on any atom is -0.306 e. The number of aromatic nitrogens is 3. The molecule has 0 saturated heterocycles. The highest BCUT2D eigenvalue weighted by Crippen LogP contribution is 2.19. The molecule has 6 heteroatoms. The summed E-state index contributed by atoms with van der Waals surface area (Å²) in [4.78, 5) is 12.1. The number of hydrogen-bond acceptors (Lipinski definition) is 4. The van der Waals surface area contributed by atoms with Gasteiger partial charge >= 0.3 is 0 Å². The van der Waals surface area contributed by atoms with Gasteiger partial charge in [0.2, 0.25) is 0 Å². The van der Waals surface area contributed by atoms with Crippen molar-refractivity contribution in [3.63, 3.8) is 0 Å². The van der Waals surface area contributed by atoms with E-state index in [1.165, 1.54) is 11.8 Å². The smallest absolute Gasteiger partial charge is 0.191 e. The number of aryl methyl sites for hydroxylation is 1. The molecule has 0 fully saturated rings. The Morgan fingerprint density at radius 3 is 2.55 bits per heavy atom. The lowest BCUT2D eigenvalue weighted by atomic mass is 10.2. The van der Waals surface area contributed by atoms with Crippen molar-refractivity contribution < 1.29 is 4.79 Å². The molecule has 1 heterocycles. The van der Waals surface area contributed by atoms with E-state index in [1.807, 2.05) is 24.3 Å². The van der Waals surface area contributed by atoms with Crippen LogP contribution in [0.2, 0.25) is 0 Å². The third kappa shape index (κ3) is 3.49. The Labute approximate surface area is 131 Å². The summed E-state index contributed by atoms with van der Waals surface area (Å²) in [6.07, 6.45) is 0.849. The number of carbonyl (C=O) groups excluding carboxylic acids is 1. The number of thioether (sulfide) groups is 1. The maximum absolute atomic E-state index is 12.1. The first kappa shape index (κ1) is 15.3. The molecule has 4 nitrogen and oxygen atoms in total. The Morgan fingerprint density at radius 1 is 1.25 bits per heavy atom. The number of ketones is 1. The molecule has 1 aromatic heterocycles. The van der Waals surface area contributed by atoms with Gasteiger partial charge in [-0.1, -0.05) is 46.7 Å². The summed E-state index contributed by atoms with van der Waals surface area (Å²) in [5, 5.41) is 9.11. The number of nitrogens with zero attached hydrogens (tertiary/aromatic N) is 3. The zero-order valence-electron chi connectivity index (χ0n) is 11.5. The first-order valence-corrected chi connectivity index (χ1v) is 8.27. The van der Waals surface area contributed by atoms with E-state index in [0.29, 0.717) is 5.75 Å². The molecule has 0 amide bonds. The summed E-state index contributed by atoms with van der Waals surface area (Å²) in [5.41, 5.74) is 0.721. The first-order valence-electron chi connectivity index (χ1n) is 6.49. The molecule has 1 aromatic carbocycles. The third-order valence-corrected chi connectivity index (χ3v) is 4.42. The van der Waals surface area contributed by atoms with Crippen LogP contribution in [0.1, 0.15) is 30.0 Å². The summed E-state index contributed by atoms with van der Waals surface area (Å²) in [7, 11) is 0. The average molecular weight is 354 g/mol. The second-order valence-corrected chi connectivity index (χ2v) is 6.07. The van der Waals surface area contributed by atoms with Crippen molar-refractivity contribution in [3.05, 3.63) is 40.1 Å². The second-order valence-electron chi connectivity index (χ2n) is 4.22. The van der Waals surface area contributed by atoms with Crippen LogP contribution in [0.15, 0.2) is 33.9 Å². The van der Waals surface area contributed by atoms with Crippen LogP contribution in [0.4, 0.5) is 0 Å². The molecule has 0 aliphatic carbocycles. The van der Waals surface area contributed by atoms with Gasteiger partial charge in [-0.05, 0) is 19.1 Å². The van der Waals surface area contributed by atoms with Crippen LogP contribution in [-0.2, 0) is 13.0 Å². The largest absolute Gasteiger partial charge is 0.306 e. The third-order valence-electron chi connectivity index (χ3n) is 2.92. The highest BCUT2D eigenvalue weighted by atomic mass is 79.9. The molecule has 2 aromatic rings. The van der Waals surface area contributed by atoms with E-state index in [1.54, 1.807) is 0 Å². The standard InChI is InChI=1S/C14H16BrN3OS/c1-3-13-16-17-14(18(13)4-2)20-9-12(19)10-5-7-11(15)8-6-10/h5-8H,3-4,9H2,1-2H3. The van der Waals surface area contributed by atoms with E-state index in [0.717, 1.165) is 34.0 Å².